The van der Waals surface area contributed by atoms with Crippen LogP contribution in [0.15, 0.2) is 24.3 Å². The normalized spacial score (nSPS) is 15.6. The molecule has 2 unspecified atom stereocenters. The zero-order valence-corrected chi connectivity index (χ0v) is 13.3. The van der Waals surface area contributed by atoms with Crippen LogP contribution in [0.3, 0.4) is 0 Å². The first-order valence-electron chi connectivity index (χ1n) is 7.60. The summed E-state index contributed by atoms with van der Waals surface area (Å²) >= 11 is 0. The Balaban J connectivity index is 2.44. The van der Waals surface area contributed by atoms with Crippen molar-refractivity contribution in [2.45, 2.75) is 51.6 Å². The van der Waals surface area contributed by atoms with E-state index in [4.69, 9.17) is 4.98 Å². The van der Waals surface area contributed by atoms with Crippen molar-refractivity contribution in [3.8, 4) is 6.07 Å². The van der Waals surface area contributed by atoms with Crippen LogP contribution in [0.2, 0.25) is 0 Å². The number of rotatable bonds is 6. The molecule has 0 spiro atoms. The first-order chi connectivity index (χ1) is 10.0. The number of imidazole rings is 1. The molecule has 21 heavy (non-hydrogen) atoms. The van der Waals surface area contributed by atoms with Gasteiger partial charge in [-0.25, -0.2) is 4.98 Å². The highest BCUT2D eigenvalue weighted by Crippen LogP contribution is 2.27. The van der Waals surface area contributed by atoms with Crippen LogP contribution in [0.5, 0.6) is 0 Å². The van der Waals surface area contributed by atoms with Gasteiger partial charge in [-0.1, -0.05) is 19.1 Å². The maximum absolute atomic E-state index is 9.38. The van der Waals surface area contributed by atoms with Crippen molar-refractivity contribution < 1.29 is 0 Å². The topological polar surface area (TPSA) is 53.6 Å². The Morgan fingerprint density at radius 1 is 1.43 bits per heavy atom. The van der Waals surface area contributed by atoms with E-state index in [0.29, 0.717) is 0 Å². The lowest BCUT2D eigenvalue weighted by atomic mass is 9.95. The maximum Gasteiger partial charge on any atom is 0.110 e. The predicted molar refractivity (Wildman–Crippen MR) is 86.1 cm³/mol. The number of para-hydroxylation sites is 2. The first-order valence-corrected chi connectivity index (χ1v) is 7.60. The van der Waals surface area contributed by atoms with Crippen molar-refractivity contribution in [2.24, 2.45) is 0 Å². The highest BCUT2D eigenvalue weighted by Gasteiger charge is 2.26. The first kappa shape index (κ1) is 15.5. The van der Waals surface area contributed by atoms with Gasteiger partial charge in [-0.2, -0.15) is 5.26 Å². The number of hydrogen-bond acceptors (Lipinski definition) is 3. The highest BCUT2D eigenvalue weighted by molar-refractivity contribution is 5.76. The van der Waals surface area contributed by atoms with E-state index >= 15 is 0 Å². The molecule has 4 nitrogen and oxygen atoms in total. The van der Waals surface area contributed by atoms with Crippen LogP contribution < -0.4 is 5.32 Å². The molecule has 2 rings (SSSR count). The summed E-state index contributed by atoms with van der Waals surface area (Å²) < 4.78 is 2.30. The van der Waals surface area contributed by atoms with E-state index in [0.717, 1.165) is 36.1 Å². The molecule has 0 saturated heterocycles. The van der Waals surface area contributed by atoms with Crippen molar-refractivity contribution in [3.05, 3.63) is 30.1 Å². The molecule has 2 atom stereocenters. The third kappa shape index (κ3) is 3.08. The second-order valence-corrected chi connectivity index (χ2v) is 5.88. The lowest BCUT2D eigenvalue weighted by Gasteiger charge is -2.27. The molecule has 0 radical (unpaired) electrons. The largest absolute Gasteiger partial charge is 0.325 e. The second-order valence-electron chi connectivity index (χ2n) is 5.88. The molecule has 0 aliphatic carbocycles. The number of aryl methyl sites for hydroxylation is 1. The van der Waals surface area contributed by atoms with Gasteiger partial charge in [0.1, 0.15) is 11.4 Å². The van der Waals surface area contributed by atoms with Gasteiger partial charge in [0, 0.05) is 12.5 Å². The number of nitrogens with one attached hydrogen (secondary N) is 1. The van der Waals surface area contributed by atoms with Crippen LogP contribution in [-0.2, 0) is 6.42 Å². The summed E-state index contributed by atoms with van der Waals surface area (Å²) in [4.78, 5) is 4.76. The smallest absolute Gasteiger partial charge is 0.110 e. The number of nitriles is 1. The fourth-order valence-corrected chi connectivity index (χ4v) is 2.87. The standard InChI is InChI=1S/C17H24N4/c1-5-8-16-20-14-9-6-7-10-15(14)21(16)13(2)11-17(3,12-18)19-4/h6-7,9-10,13,19H,5,8,11H2,1-4H3. The SMILES string of the molecule is CCCc1nc2ccccc2n1C(C)CC(C)(C#N)NC. The summed E-state index contributed by atoms with van der Waals surface area (Å²) in [5.74, 6) is 1.11. The molecule has 0 fully saturated rings. The van der Waals surface area contributed by atoms with Crippen molar-refractivity contribution in [2.75, 3.05) is 7.05 Å². The van der Waals surface area contributed by atoms with Crippen LogP contribution in [0.25, 0.3) is 11.0 Å². The lowest BCUT2D eigenvalue weighted by molar-refractivity contribution is 0.366. The van der Waals surface area contributed by atoms with Crippen LogP contribution in [0, 0.1) is 11.3 Å². The fraction of sp³-hybridized carbons (Fsp3) is 0.529. The zero-order chi connectivity index (χ0) is 15.5. The van der Waals surface area contributed by atoms with Gasteiger partial charge in [0.15, 0.2) is 0 Å². The van der Waals surface area contributed by atoms with E-state index in [9.17, 15) is 5.26 Å². The Hall–Kier alpha value is -1.86. The minimum atomic E-state index is -0.520. The number of aromatic nitrogens is 2. The molecule has 0 bridgehead atoms. The molecule has 112 valence electrons. The van der Waals surface area contributed by atoms with Gasteiger partial charge in [-0.3, -0.25) is 0 Å². The third-order valence-corrected chi connectivity index (χ3v) is 4.09. The summed E-state index contributed by atoms with van der Waals surface area (Å²) in [6, 6.07) is 10.8. The summed E-state index contributed by atoms with van der Waals surface area (Å²) in [5, 5.41) is 12.5. The minimum absolute atomic E-state index is 0.219. The molecule has 0 aliphatic rings. The summed E-state index contributed by atoms with van der Waals surface area (Å²) in [6.07, 6.45) is 2.77. The average Bonchev–Trinajstić information content (AvgIpc) is 2.85. The van der Waals surface area contributed by atoms with Gasteiger partial charge in [-0.05, 0) is 45.9 Å². The molecular weight excluding hydrogens is 260 g/mol. The van der Waals surface area contributed by atoms with Gasteiger partial charge in [0.05, 0.1) is 17.1 Å². The molecular formula is C17H24N4. The molecule has 1 heterocycles. The van der Waals surface area contributed by atoms with Gasteiger partial charge in [-0.15, -0.1) is 0 Å². The number of benzene rings is 1. The zero-order valence-electron chi connectivity index (χ0n) is 13.3. The van der Waals surface area contributed by atoms with Gasteiger partial charge >= 0.3 is 0 Å². The van der Waals surface area contributed by atoms with Crippen LogP contribution in [-0.4, -0.2) is 22.1 Å². The number of nitrogens with zero attached hydrogens (tertiary/aromatic N) is 3. The Bertz CT molecular complexity index is 652. The van der Waals surface area contributed by atoms with E-state index < -0.39 is 5.54 Å². The van der Waals surface area contributed by atoms with E-state index in [1.165, 1.54) is 0 Å². The number of fused-ring (bicyclic) bond motifs is 1. The molecule has 1 aromatic heterocycles. The summed E-state index contributed by atoms with van der Waals surface area (Å²) in [5.41, 5.74) is 1.68. The van der Waals surface area contributed by atoms with Gasteiger partial charge in [0.25, 0.3) is 0 Å². The summed E-state index contributed by atoms with van der Waals surface area (Å²) in [6.45, 7) is 6.28. The molecule has 1 N–H and O–H groups in total. The van der Waals surface area contributed by atoms with Crippen molar-refractivity contribution in [1.82, 2.24) is 14.9 Å². The van der Waals surface area contributed by atoms with Crippen LogP contribution in [0.1, 0.15) is 45.5 Å². The van der Waals surface area contributed by atoms with E-state index in [2.05, 4.69) is 41.9 Å². The van der Waals surface area contributed by atoms with E-state index in [1.54, 1.807) is 0 Å². The number of hydrogen-bond donors (Lipinski definition) is 1. The highest BCUT2D eigenvalue weighted by atomic mass is 15.1. The predicted octanol–water partition coefficient (Wildman–Crippen LogP) is 3.44. The molecule has 0 aliphatic heterocycles. The van der Waals surface area contributed by atoms with Gasteiger partial charge in [0.2, 0.25) is 0 Å². The molecule has 0 saturated carbocycles. The van der Waals surface area contributed by atoms with Crippen molar-refractivity contribution in [3.63, 3.8) is 0 Å². The van der Waals surface area contributed by atoms with Crippen molar-refractivity contribution >= 4 is 11.0 Å². The molecule has 4 heteroatoms. The Morgan fingerprint density at radius 3 is 2.76 bits per heavy atom. The van der Waals surface area contributed by atoms with E-state index in [1.807, 2.05) is 26.1 Å². The average molecular weight is 284 g/mol. The molecule has 1 aromatic carbocycles. The molecule has 2 aromatic rings. The third-order valence-electron chi connectivity index (χ3n) is 4.09. The second kappa shape index (κ2) is 6.28. The quantitative estimate of drug-likeness (QED) is 0.884. The molecule has 0 amide bonds. The van der Waals surface area contributed by atoms with Crippen LogP contribution in [0.4, 0.5) is 0 Å². The van der Waals surface area contributed by atoms with Gasteiger partial charge < -0.3 is 9.88 Å². The Kier molecular flexibility index (Phi) is 4.64. The van der Waals surface area contributed by atoms with Crippen molar-refractivity contribution in [1.29, 1.82) is 5.26 Å². The lowest BCUT2D eigenvalue weighted by Crippen LogP contribution is -2.40. The van der Waals surface area contributed by atoms with E-state index in [-0.39, 0.29) is 6.04 Å². The minimum Gasteiger partial charge on any atom is -0.325 e. The summed E-state index contributed by atoms with van der Waals surface area (Å²) in [7, 11) is 1.84. The fourth-order valence-electron chi connectivity index (χ4n) is 2.87. The maximum atomic E-state index is 9.38. The van der Waals surface area contributed by atoms with Crippen LogP contribution >= 0.6 is 0 Å². The Labute approximate surface area is 126 Å². The monoisotopic (exact) mass is 284 g/mol. The Morgan fingerprint density at radius 2 is 2.14 bits per heavy atom.